The Kier molecular flexibility index (Phi) is 2.89. The summed E-state index contributed by atoms with van der Waals surface area (Å²) in [6.45, 7) is -0.125. The molecule has 1 aromatic heterocycles. The molecular formula is C6H10N4O4. The molecule has 78 valence electrons. The minimum Gasteiger partial charge on any atom is -0.442 e. The highest BCUT2D eigenvalue weighted by atomic mass is 16.8. The zero-order valence-electron chi connectivity index (χ0n) is 7.41. The maximum Gasteiger partial charge on any atom is 0.404 e. The van der Waals surface area contributed by atoms with Crippen LogP contribution in [-0.2, 0) is 18.4 Å². The van der Waals surface area contributed by atoms with E-state index in [1.165, 1.54) is 17.8 Å². The zero-order valence-corrected chi connectivity index (χ0v) is 7.41. The van der Waals surface area contributed by atoms with E-state index in [0.29, 0.717) is 5.82 Å². The summed E-state index contributed by atoms with van der Waals surface area (Å²) in [7, 11) is 1.53. The lowest BCUT2D eigenvalue weighted by atomic mass is 10.6. The average Bonchev–Trinajstić information content (AvgIpc) is 2.43. The van der Waals surface area contributed by atoms with Crippen LogP contribution in [0.3, 0.4) is 0 Å². The summed E-state index contributed by atoms with van der Waals surface area (Å²) < 4.78 is 5.81. The summed E-state index contributed by atoms with van der Waals surface area (Å²) in [5.41, 5.74) is 4.75. The first-order valence-corrected chi connectivity index (χ1v) is 3.63. The minimum absolute atomic E-state index is 0.0491. The SMILES string of the molecule is Cn1c(N(O)O)cnc1COC(N)=O. The summed E-state index contributed by atoms with van der Waals surface area (Å²) in [4.78, 5) is 14.1. The van der Waals surface area contributed by atoms with Gasteiger partial charge in [-0.1, -0.05) is 0 Å². The van der Waals surface area contributed by atoms with Crippen LogP contribution >= 0.6 is 0 Å². The number of carbonyl (C=O) groups is 1. The van der Waals surface area contributed by atoms with Crippen molar-refractivity contribution in [1.82, 2.24) is 9.55 Å². The van der Waals surface area contributed by atoms with Crippen molar-refractivity contribution in [3.05, 3.63) is 12.0 Å². The Hall–Kier alpha value is -1.80. The van der Waals surface area contributed by atoms with E-state index in [0.717, 1.165) is 0 Å². The summed E-state index contributed by atoms with van der Waals surface area (Å²) in [5.74, 6) is 0.389. The number of amides is 1. The first kappa shape index (κ1) is 10.3. The van der Waals surface area contributed by atoms with Gasteiger partial charge >= 0.3 is 6.09 Å². The molecule has 0 aliphatic heterocycles. The van der Waals surface area contributed by atoms with Crippen LogP contribution in [0.4, 0.5) is 10.6 Å². The van der Waals surface area contributed by atoms with Crippen LogP contribution in [0.25, 0.3) is 0 Å². The molecule has 0 fully saturated rings. The molecule has 1 amide bonds. The predicted molar refractivity (Wildman–Crippen MR) is 43.6 cm³/mol. The van der Waals surface area contributed by atoms with Crippen LogP contribution in [-0.4, -0.2) is 26.1 Å². The van der Waals surface area contributed by atoms with E-state index in [1.807, 2.05) is 0 Å². The van der Waals surface area contributed by atoms with Crippen molar-refractivity contribution < 1.29 is 19.9 Å². The fourth-order valence-corrected chi connectivity index (χ4v) is 0.893. The highest BCUT2D eigenvalue weighted by Crippen LogP contribution is 2.11. The average molecular weight is 202 g/mol. The van der Waals surface area contributed by atoms with Crippen molar-refractivity contribution >= 4 is 11.9 Å². The number of nitrogens with two attached hydrogens (primary N) is 1. The van der Waals surface area contributed by atoms with Gasteiger partial charge in [0.25, 0.3) is 0 Å². The van der Waals surface area contributed by atoms with Gasteiger partial charge in [-0.2, -0.15) is 0 Å². The Morgan fingerprint density at radius 1 is 1.79 bits per heavy atom. The van der Waals surface area contributed by atoms with Gasteiger partial charge in [0.15, 0.2) is 12.4 Å². The zero-order chi connectivity index (χ0) is 10.7. The molecule has 0 spiro atoms. The summed E-state index contributed by atoms with van der Waals surface area (Å²) >= 11 is 0. The summed E-state index contributed by atoms with van der Waals surface area (Å²) in [5, 5.41) is 17.3. The van der Waals surface area contributed by atoms with Gasteiger partial charge in [0.05, 0.1) is 6.20 Å². The molecule has 0 saturated heterocycles. The van der Waals surface area contributed by atoms with Crippen LogP contribution in [0, 0.1) is 0 Å². The number of primary amides is 1. The normalized spacial score (nSPS) is 9.93. The van der Waals surface area contributed by atoms with Crippen LogP contribution in [0.1, 0.15) is 5.82 Å². The van der Waals surface area contributed by atoms with Gasteiger partial charge in [0.1, 0.15) is 5.82 Å². The molecule has 0 saturated carbocycles. The van der Waals surface area contributed by atoms with Crippen LogP contribution in [0.5, 0.6) is 0 Å². The van der Waals surface area contributed by atoms with E-state index in [9.17, 15) is 4.79 Å². The third-order valence-electron chi connectivity index (χ3n) is 1.61. The Bertz CT molecular complexity index is 335. The fraction of sp³-hybridized carbons (Fsp3) is 0.333. The smallest absolute Gasteiger partial charge is 0.404 e. The first-order chi connectivity index (χ1) is 6.52. The molecule has 0 radical (unpaired) electrons. The molecule has 8 nitrogen and oxygen atoms in total. The number of nitrogens with zero attached hydrogens (tertiary/aromatic N) is 3. The quantitative estimate of drug-likeness (QED) is 0.574. The van der Waals surface area contributed by atoms with E-state index in [-0.39, 0.29) is 17.7 Å². The van der Waals surface area contributed by atoms with Gasteiger partial charge in [-0.05, 0) is 0 Å². The lowest BCUT2D eigenvalue weighted by molar-refractivity contribution is 0.0250. The maximum absolute atomic E-state index is 10.3. The lowest BCUT2D eigenvalue weighted by Gasteiger charge is -2.08. The van der Waals surface area contributed by atoms with Gasteiger partial charge in [0.2, 0.25) is 0 Å². The molecule has 0 bridgehead atoms. The standard InChI is InChI=1S/C6H10N4O4/c1-9-4(3-14-6(7)11)8-2-5(9)10(12)13/h2,12-13H,3H2,1H3,(H2,7,11). The highest BCUT2D eigenvalue weighted by Gasteiger charge is 2.10. The molecule has 4 N–H and O–H groups in total. The third kappa shape index (κ3) is 2.12. The van der Waals surface area contributed by atoms with E-state index in [1.54, 1.807) is 0 Å². The van der Waals surface area contributed by atoms with Crippen LogP contribution in [0.15, 0.2) is 6.20 Å². The monoisotopic (exact) mass is 202 g/mol. The van der Waals surface area contributed by atoms with Crippen LogP contribution in [0.2, 0.25) is 0 Å². The lowest BCUT2D eigenvalue weighted by Crippen LogP contribution is -2.17. The molecule has 0 atom stereocenters. The Balaban J connectivity index is 2.74. The fourth-order valence-electron chi connectivity index (χ4n) is 0.893. The highest BCUT2D eigenvalue weighted by molar-refractivity contribution is 5.64. The predicted octanol–water partition coefficient (Wildman–Crippen LogP) is -0.400. The van der Waals surface area contributed by atoms with Gasteiger partial charge in [0, 0.05) is 7.05 Å². The number of aromatic nitrogens is 2. The number of anilines is 1. The number of ether oxygens (including phenoxy) is 1. The second kappa shape index (κ2) is 3.94. The van der Waals surface area contributed by atoms with E-state index in [4.69, 9.17) is 16.1 Å². The Labute approximate surface area is 79.0 Å². The molecule has 1 heterocycles. The van der Waals surface area contributed by atoms with Gasteiger partial charge in [-0.25, -0.2) is 9.78 Å². The van der Waals surface area contributed by atoms with Crippen molar-refractivity contribution in [3.63, 3.8) is 0 Å². The van der Waals surface area contributed by atoms with Gasteiger partial charge < -0.3 is 15.0 Å². The largest absolute Gasteiger partial charge is 0.442 e. The van der Waals surface area contributed by atoms with Crippen molar-refractivity contribution in [2.75, 3.05) is 5.23 Å². The Morgan fingerprint density at radius 3 is 2.86 bits per heavy atom. The second-order valence-electron chi connectivity index (χ2n) is 2.49. The number of imidazole rings is 1. The van der Waals surface area contributed by atoms with E-state index >= 15 is 0 Å². The van der Waals surface area contributed by atoms with Crippen molar-refractivity contribution in [1.29, 1.82) is 0 Å². The second-order valence-corrected chi connectivity index (χ2v) is 2.49. The molecular weight excluding hydrogens is 192 g/mol. The van der Waals surface area contributed by atoms with Crippen molar-refractivity contribution in [2.45, 2.75) is 6.61 Å². The summed E-state index contributed by atoms with van der Waals surface area (Å²) in [6, 6.07) is 0. The van der Waals surface area contributed by atoms with Crippen molar-refractivity contribution in [3.8, 4) is 0 Å². The maximum atomic E-state index is 10.3. The number of hydrogen-bond donors (Lipinski definition) is 3. The molecule has 8 heteroatoms. The summed E-state index contributed by atoms with van der Waals surface area (Å²) in [6.07, 6.45) is 0.291. The van der Waals surface area contributed by atoms with Crippen molar-refractivity contribution in [2.24, 2.45) is 12.8 Å². The number of hydrogen-bond acceptors (Lipinski definition) is 6. The molecule has 0 aliphatic rings. The van der Waals surface area contributed by atoms with Gasteiger partial charge in [-0.15, -0.1) is 5.23 Å². The molecule has 14 heavy (non-hydrogen) atoms. The molecule has 0 aliphatic carbocycles. The molecule has 0 aromatic carbocycles. The third-order valence-corrected chi connectivity index (χ3v) is 1.61. The Morgan fingerprint density at radius 2 is 2.43 bits per heavy atom. The minimum atomic E-state index is -0.917. The van der Waals surface area contributed by atoms with Gasteiger partial charge in [-0.3, -0.25) is 10.4 Å². The molecule has 0 unspecified atom stereocenters. The van der Waals surface area contributed by atoms with E-state index in [2.05, 4.69) is 9.72 Å². The molecule has 1 aromatic rings. The number of rotatable bonds is 3. The first-order valence-electron chi connectivity index (χ1n) is 3.63. The van der Waals surface area contributed by atoms with Crippen LogP contribution < -0.4 is 11.0 Å². The topological polar surface area (TPSA) is 114 Å². The number of carbonyl (C=O) groups excluding carboxylic acids is 1. The molecule has 1 rings (SSSR count). The van der Waals surface area contributed by atoms with E-state index < -0.39 is 6.09 Å².